The lowest BCUT2D eigenvalue weighted by Gasteiger charge is -2.16. The molecule has 2 heterocycles. The number of nitro groups is 1. The van der Waals surface area contributed by atoms with Crippen LogP contribution in [0.2, 0.25) is 0 Å². The van der Waals surface area contributed by atoms with Gasteiger partial charge in [0.2, 0.25) is 5.13 Å². The monoisotopic (exact) mass is 976 g/mol. The standard InChI is InChI=1S/C42H28N10O11S4/c1-23-35(22-43)39(44-28-9-14-32(15-10-28)65(55,56)57)47-40(45-29-11-16-33(17-12-29)66(58,59)60)37(23)49-51-42-46-38(27-7-6-24-4-2-3-5-25(24)18-27)41(64-42)50-48-30-19-26-8-13-31(52(53)54)21-34(26)36(20-30)67(61,62)63/h2-21H,1H3,(H2,44,45,47)(H,55,56,57)(H,58,59,60)(H,61,62,63)/b50-48+,51-49+. The van der Waals surface area contributed by atoms with Gasteiger partial charge in [-0.05, 0) is 95.9 Å². The maximum absolute atomic E-state index is 12.5. The molecule has 8 rings (SSSR count). The summed E-state index contributed by atoms with van der Waals surface area (Å²) in [6.07, 6.45) is 0. The maximum atomic E-state index is 12.5. The van der Waals surface area contributed by atoms with Crippen molar-refractivity contribution < 1.29 is 43.8 Å². The van der Waals surface area contributed by atoms with E-state index >= 15 is 0 Å². The summed E-state index contributed by atoms with van der Waals surface area (Å²) >= 11 is 0.920. The molecule has 0 saturated carbocycles. The summed E-state index contributed by atoms with van der Waals surface area (Å²) in [4.78, 5) is 18.6. The molecular formula is C42H28N10O11S4. The highest BCUT2D eigenvalue weighted by Crippen LogP contribution is 2.44. The van der Waals surface area contributed by atoms with Gasteiger partial charge in [0.15, 0.2) is 16.6 Å². The summed E-state index contributed by atoms with van der Waals surface area (Å²) in [5, 5.41) is 47.4. The Bertz CT molecular complexity index is 3790. The minimum absolute atomic E-state index is 0.0141. The predicted octanol–water partition coefficient (Wildman–Crippen LogP) is 10.7. The van der Waals surface area contributed by atoms with E-state index in [1.54, 1.807) is 13.0 Å². The normalized spacial score (nSPS) is 12.2. The van der Waals surface area contributed by atoms with E-state index in [4.69, 9.17) is 4.98 Å². The highest BCUT2D eigenvalue weighted by atomic mass is 32.2. The summed E-state index contributed by atoms with van der Waals surface area (Å²) in [7, 11) is -13.9. The SMILES string of the molecule is Cc1c(C#N)c(Nc2ccc(S(=O)(=O)O)cc2)nc(Nc2ccc(S(=O)(=O)O)cc2)c1/N=N/c1nc(-c2ccc3ccccc3c2)c(/N=N/c2cc(S(=O)(=O)O)c3cc([N+](=O)[O-])ccc3c2)s1. The fraction of sp³-hybridized carbons (Fsp3) is 0.0238. The molecule has 0 amide bonds. The van der Waals surface area contributed by atoms with Crippen LogP contribution in [0.4, 0.5) is 50.2 Å². The Balaban J connectivity index is 1.24. The van der Waals surface area contributed by atoms with Crippen molar-refractivity contribution in [2.45, 2.75) is 21.6 Å². The van der Waals surface area contributed by atoms with Crippen LogP contribution in [0.25, 0.3) is 32.8 Å². The molecule has 336 valence electrons. The molecule has 6 aromatic carbocycles. The smallest absolute Gasteiger partial charge is 0.295 e. The second-order valence-electron chi connectivity index (χ2n) is 14.2. The average molecular weight is 977 g/mol. The number of hydrogen-bond donors (Lipinski definition) is 5. The molecule has 0 radical (unpaired) electrons. The summed E-state index contributed by atoms with van der Waals surface area (Å²) in [5.41, 5.74) is 1.21. The Labute approximate surface area is 383 Å². The fourth-order valence-corrected chi connectivity index (χ4v) is 9.06. The molecule has 0 saturated heterocycles. The van der Waals surface area contributed by atoms with E-state index in [1.807, 2.05) is 36.4 Å². The Hall–Kier alpha value is -7.96. The van der Waals surface area contributed by atoms with Gasteiger partial charge >= 0.3 is 0 Å². The highest BCUT2D eigenvalue weighted by molar-refractivity contribution is 7.86. The Morgan fingerprint density at radius 2 is 1.28 bits per heavy atom. The van der Waals surface area contributed by atoms with E-state index in [2.05, 4.69) is 42.1 Å². The number of anilines is 4. The summed E-state index contributed by atoms with van der Waals surface area (Å²) in [6.45, 7) is 1.55. The molecule has 21 nitrogen and oxygen atoms in total. The Morgan fingerprint density at radius 1 is 0.672 bits per heavy atom. The second-order valence-corrected chi connectivity index (χ2v) is 19.4. The number of thiazole rings is 1. The first-order valence-electron chi connectivity index (χ1n) is 18.9. The summed E-state index contributed by atoms with van der Waals surface area (Å²) in [6, 6.07) is 31.0. The lowest BCUT2D eigenvalue weighted by Crippen LogP contribution is -2.05. The first-order valence-corrected chi connectivity index (χ1v) is 24.1. The van der Waals surface area contributed by atoms with Crippen molar-refractivity contribution in [1.29, 1.82) is 5.26 Å². The molecular weight excluding hydrogens is 949 g/mol. The fourth-order valence-electron chi connectivity index (χ4n) is 6.64. The molecule has 8 aromatic rings. The minimum Gasteiger partial charge on any atom is -0.339 e. The molecule has 0 spiro atoms. The maximum Gasteiger partial charge on any atom is 0.295 e. The number of pyridine rings is 1. The van der Waals surface area contributed by atoms with Gasteiger partial charge in [-0.25, -0.2) is 9.97 Å². The van der Waals surface area contributed by atoms with Crippen LogP contribution in [-0.2, 0) is 30.4 Å². The molecule has 5 N–H and O–H groups in total. The summed E-state index contributed by atoms with van der Waals surface area (Å²) in [5.74, 6) is -0.0328. The number of nitro benzene ring substituents is 1. The molecule has 0 bridgehead atoms. The minimum atomic E-state index is -4.90. The molecule has 0 fully saturated rings. The van der Waals surface area contributed by atoms with Crippen molar-refractivity contribution in [3.63, 3.8) is 0 Å². The van der Waals surface area contributed by atoms with Gasteiger partial charge in [0, 0.05) is 40.0 Å². The number of rotatable bonds is 13. The van der Waals surface area contributed by atoms with Gasteiger partial charge in [0.1, 0.15) is 22.3 Å². The van der Waals surface area contributed by atoms with Crippen LogP contribution in [-0.4, -0.2) is 53.8 Å². The summed E-state index contributed by atoms with van der Waals surface area (Å²) < 4.78 is 101. The molecule has 25 heteroatoms. The predicted molar refractivity (Wildman–Crippen MR) is 247 cm³/mol. The van der Waals surface area contributed by atoms with E-state index in [-0.39, 0.29) is 81.9 Å². The average Bonchev–Trinajstić information content (AvgIpc) is 3.70. The van der Waals surface area contributed by atoms with Crippen LogP contribution in [0, 0.1) is 28.4 Å². The zero-order valence-electron chi connectivity index (χ0n) is 33.9. The molecule has 67 heavy (non-hydrogen) atoms. The zero-order valence-corrected chi connectivity index (χ0v) is 37.1. The number of nitrogens with zero attached hydrogens (tertiary/aromatic N) is 8. The first-order chi connectivity index (χ1) is 31.7. The van der Waals surface area contributed by atoms with Crippen molar-refractivity contribution in [2.24, 2.45) is 20.5 Å². The quantitative estimate of drug-likeness (QED) is 0.0310. The van der Waals surface area contributed by atoms with Crippen LogP contribution in [0.3, 0.4) is 0 Å². The van der Waals surface area contributed by atoms with E-state index in [0.29, 0.717) is 5.56 Å². The molecule has 0 aliphatic rings. The third-order valence-electron chi connectivity index (χ3n) is 9.84. The van der Waals surface area contributed by atoms with Crippen molar-refractivity contribution in [3.8, 4) is 17.3 Å². The number of nitrogens with one attached hydrogen (secondary N) is 2. The van der Waals surface area contributed by atoms with Gasteiger partial charge in [0.05, 0.1) is 26.0 Å². The van der Waals surface area contributed by atoms with Crippen molar-refractivity contribution >= 4 is 113 Å². The van der Waals surface area contributed by atoms with Crippen LogP contribution in [0.5, 0.6) is 0 Å². The number of hydrogen-bond acceptors (Lipinski definition) is 18. The lowest BCUT2D eigenvalue weighted by atomic mass is 10.1. The molecule has 0 aliphatic carbocycles. The molecule has 0 aliphatic heterocycles. The van der Waals surface area contributed by atoms with E-state index < -0.39 is 45.9 Å². The van der Waals surface area contributed by atoms with Crippen molar-refractivity contribution in [1.82, 2.24) is 9.97 Å². The Kier molecular flexibility index (Phi) is 12.1. The number of aromatic nitrogens is 2. The number of non-ortho nitro benzene ring substituents is 1. The molecule has 2 aromatic heterocycles. The van der Waals surface area contributed by atoms with E-state index in [9.17, 15) is 54.3 Å². The van der Waals surface area contributed by atoms with Crippen molar-refractivity contribution in [2.75, 3.05) is 10.6 Å². The lowest BCUT2D eigenvalue weighted by molar-refractivity contribution is -0.384. The first kappa shape index (κ1) is 45.6. The van der Waals surface area contributed by atoms with Gasteiger partial charge in [-0.15, -0.1) is 20.5 Å². The largest absolute Gasteiger partial charge is 0.339 e. The molecule has 0 atom stereocenters. The van der Waals surface area contributed by atoms with Gasteiger partial charge in [-0.1, -0.05) is 47.7 Å². The highest BCUT2D eigenvalue weighted by Gasteiger charge is 2.22. The van der Waals surface area contributed by atoms with Crippen LogP contribution in [0.1, 0.15) is 11.1 Å². The number of benzene rings is 6. The van der Waals surface area contributed by atoms with Crippen LogP contribution in [0.15, 0.2) is 156 Å². The van der Waals surface area contributed by atoms with E-state index in [0.717, 1.165) is 58.5 Å². The molecule has 0 unspecified atom stereocenters. The number of nitriles is 1. The van der Waals surface area contributed by atoms with Crippen LogP contribution < -0.4 is 10.6 Å². The van der Waals surface area contributed by atoms with E-state index in [1.165, 1.54) is 42.5 Å². The van der Waals surface area contributed by atoms with Crippen molar-refractivity contribution in [3.05, 3.63) is 143 Å². The second kappa shape index (κ2) is 17.8. The third kappa shape index (κ3) is 10.00. The zero-order chi connectivity index (χ0) is 47.8. The van der Waals surface area contributed by atoms with Gasteiger partial charge in [-0.3, -0.25) is 23.8 Å². The Morgan fingerprint density at radius 3 is 1.88 bits per heavy atom. The van der Waals surface area contributed by atoms with Gasteiger partial charge in [0.25, 0.3) is 36.0 Å². The third-order valence-corrected chi connectivity index (χ3v) is 13.3. The van der Waals surface area contributed by atoms with Gasteiger partial charge < -0.3 is 10.6 Å². The topological polar surface area (TPSA) is 329 Å². The van der Waals surface area contributed by atoms with Gasteiger partial charge in [-0.2, -0.15) is 30.5 Å². The number of azo groups is 2. The number of fused-ring (bicyclic) bond motifs is 2. The van der Waals surface area contributed by atoms with Crippen LogP contribution >= 0.6 is 11.3 Å².